The molecule has 0 N–H and O–H groups in total. The number of ether oxygens (including phenoxy) is 2. The molecular formula is C24H26N2O5. The first-order valence-electron chi connectivity index (χ1n) is 10.7. The molecule has 0 spiro atoms. The lowest BCUT2D eigenvalue weighted by Crippen LogP contribution is -2.27. The van der Waals surface area contributed by atoms with Gasteiger partial charge in [-0.05, 0) is 49.1 Å². The summed E-state index contributed by atoms with van der Waals surface area (Å²) >= 11 is 0. The molecule has 1 saturated carbocycles. The number of pyridine rings is 1. The Morgan fingerprint density at radius 3 is 2.81 bits per heavy atom. The zero-order valence-electron chi connectivity index (χ0n) is 17.4. The second-order valence-corrected chi connectivity index (χ2v) is 7.79. The predicted molar refractivity (Wildman–Crippen MR) is 116 cm³/mol. The first kappa shape index (κ1) is 21.3. The number of aromatic nitrogens is 2. The average molecular weight is 422 g/mol. The van der Waals surface area contributed by atoms with Gasteiger partial charge in [-0.25, -0.2) is 4.98 Å². The number of hydrogen-bond acceptors (Lipinski definition) is 6. The number of hydrogen-bond donors (Lipinski definition) is 0. The molecular weight excluding hydrogens is 396 g/mol. The fraction of sp³-hybridized carbons (Fsp3) is 0.417. The summed E-state index contributed by atoms with van der Waals surface area (Å²) in [6.45, 7) is 1.62. The maximum atomic E-state index is 12.6. The summed E-state index contributed by atoms with van der Waals surface area (Å²) < 4.78 is 12.6. The number of aldehydes is 1. The highest BCUT2D eigenvalue weighted by molar-refractivity contribution is 6.09. The molecule has 31 heavy (non-hydrogen) atoms. The van der Waals surface area contributed by atoms with Crippen molar-refractivity contribution in [1.82, 2.24) is 9.55 Å². The maximum Gasteiger partial charge on any atom is 0.163 e. The highest BCUT2D eigenvalue weighted by Gasteiger charge is 2.31. The molecule has 0 saturated heterocycles. The number of fused-ring (bicyclic) bond motifs is 3. The molecule has 0 bridgehead atoms. The normalized spacial score (nSPS) is 17.0. The molecule has 1 unspecified atom stereocenters. The van der Waals surface area contributed by atoms with Crippen LogP contribution in [0.3, 0.4) is 0 Å². The van der Waals surface area contributed by atoms with Crippen molar-refractivity contribution in [2.24, 2.45) is 0 Å². The Labute approximate surface area is 180 Å². The molecule has 1 aliphatic carbocycles. The van der Waals surface area contributed by atoms with E-state index in [1.54, 1.807) is 6.20 Å². The van der Waals surface area contributed by atoms with Crippen molar-refractivity contribution in [1.29, 1.82) is 0 Å². The Balaban J connectivity index is 1.51. The molecule has 4 rings (SSSR count). The fourth-order valence-electron chi connectivity index (χ4n) is 4.26. The molecule has 1 aromatic carbocycles. The molecule has 1 aliphatic rings. The van der Waals surface area contributed by atoms with E-state index in [2.05, 4.69) is 23.2 Å². The smallest absolute Gasteiger partial charge is 0.163 e. The molecule has 7 heteroatoms. The summed E-state index contributed by atoms with van der Waals surface area (Å²) in [7, 11) is 0. The van der Waals surface area contributed by atoms with Crippen LogP contribution in [-0.4, -0.2) is 53.8 Å². The number of aryl methyl sites for hydroxylation is 1. The molecule has 162 valence electrons. The van der Waals surface area contributed by atoms with Crippen LogP contribution >= 0.6 is 0 Å². The van der Waals surface area contributed by atoms with Crippen LogP contribution < -0.4 is 0 Å². The van der Waals surface area contributed by atoms with Gasteiger partial charge in [0.25, 0.3) is 0 Å². The standard InChI is InChI=1S/C24H26N2O5/c27-10-12-31-14-13-30-11-2-3-17-5-7-21-20(15-17)19-4-1-9-25-24(19)26(21)22-8-6-18(28)16-23(22)29/h1,4-5,7,9-10,15,22H,2-3,6,8,11-14,16H2. The molecule has 0 radical (unpaired) electrons. The largest absolute Gasteiger partial charge is 0.379 e. The van der Waals surface area contributed by atoms with Crippen LogP contribution in [0, 0.1) is 0 Å². The van der Waals surface area contributed by atoms with Gasteiger partial charge in [0.05, 0.1) is 31.2 Å². The Kier molecular flexibility index (Phi) is 6.84. The minimum absolute atomic E-state index is 0.0108. The zero-order chi connectivity index (χ0) is 21.6. The van der Waals surface area contributed by atoms with Crippen LogP contribution in [0.2, 0.25) is 0 Å². The minimum atomic E-state index is -0.340. The first-order valence-corrected chi connectivity index (χ1v) is 10.7. The van der Waals surface area contributed by atoms with Crippen molar-refractivity contribution in [3.05, 3.63) is 42.1 Å². The van der Waals surface area contributed by atoms with E-state index in [0.717, 1.165) is 41.1 Å². The van der Waals surface area contributed by atoms with Crippen LogP contribution in [0.15, 0.2) is 36.5 Å². The van der Waals surface area contributed by atoms with E-state index in [4.69, 9.17) is 9.47 Å². The van der Waals surface area contributed by atoms with E-state index >= 15 is 0 Å². The Morgan fingerprint density at radius 2 is 1.97 bits per heavy atom. The second kappa shape index (κ2) is 9.94. The third-order valence-corrected chi connectivity index (χ3v) is 5.69. The predicted octanol–water partition coefficient (Wildman–Crippen LogP) is 3.22. The number of rotatable bonds is 10. The van der Waals surface area contributed by atoms with E-state index in [-0.39, 0.29) is 30.6 Å². The average Bonchev–Trinajstić information content (AvgIpc) is 3.09. The molecule has 2 heterocycles. The molecule has 1 atom stereocenters. The number of nitrogens with zero attached hydrogens (tertiary/aromatic N) is 2. The highest BCUT2D eigenvalue weighted by Crippen LogP contribution is 2.35. The van der Waals surface area contributed by atoms with Gasteiger partial charge in [0, 0.05) is 30.0 Å². The highest BCUT2D eigenvalue weighted by atomic mass is 16.5. The van der Waals surface area contributed by atoms with Crippen molar-refractivity contribution < 1.29 is 23.9 Å². The Hall–Kier alpha value is -2.90. The summed E-state index contributed by atoms with van der Waals surface area (Å²) in [5.74, 6) is -0.00571. The van der Waals surface area contributed by atoms with Crippen LogP contribution in [0.4, 0.5) is 0 Å². The topological polar surface area (TPSA) is 87.5 Å². The summed E-state index contributed by atoms with van der Waals surface area (Å²) in [6, 6.07) is 9.92. The third-order valence-electron chi connectivity index (χ3n) is 5.69. The SMILES string of the molecule is O=CCOCCOCCCc1ccc2c(c1)c1cccnc1n2C1CCC(=O)CC1=O. The van der Waals surface area contributed by atoms with Crippen molar-refractivity contribution in [2.75, 3.05) is 26.4 Å². The molecule has 3 aromatic rings. The summed E-state index contributed by atoms with van der Waals surface area (Å²) in [5.41, 5.74) is 2.97. The van der Waals surface area contributed by atoms with Crippen molar-refractivity contribution in [2.45, 2.75) is 38.1 Å². The van der Waals surface area contributed by atoms with Gasteiger partial charge in [-0.2, -0.15) is 0 Å². The van der Waals surface area contributed by atoms with Crippen LogP contribution in [-0.2, 0) is 30.3 Å². The zero-order valence-corrected chi connectivity index (χ0v) is 17.4. The first-order chi connectivity index (χ1) is 15.2. The Bertz CT molecular complexity index is 1100. The van der Waals surface area contributed by atoms with Gasteiger partial charge in [-0.3, -0.25) is 9.59 Å². The number of ketones is 2. The van der Waals surface area contributed by atoms with Gasteiger partial charge in [0.2, 0.25) is 0 Å². The monoisotopic (exact) mass is 422 g/mol. The van der Waals surface area contributed by atoms with Crippen molar-refractivity contribution in [3.63, 3.8) is 0 Å². The summed E-state index contributed by atoms with van der Waals surface area (Å²) in [5, 5.41) is 2.10. The number of carbonyl (C=O) groups excluding carboxylic acids is 3. The van der Waals surface area contributed by atoms with Crippen LogP contribution in [0.1, 0.15) is 37.3 Å². The van der Waals surface area contributed by atoms with E-state index in [1.165, 1.54) is 5.56 Å². The Morgan fingerprint density at radius 1 is 1.10 bits per heavy atom. The van der Waals surface area contributed by atoms with Crippen LogP contribution in [0.5, 0.6) is 0 Å². The van der Waals surface area contributed by atoms with E-state index in [0.29, 0.717) is 32.7 Å². The second-order valence-electron chi connectivity index (χ2n) is 7.79. The maximum absolute atomic E-state index is 12.6. The summed E-state index contributed by atoms with van der Waals surface area (Å²) in [4.78, 5) is 39.1. The van der Waals surface area contributed by atoms with Crippen LogP contribution in [0.25, 0.3) is 21.9 Å². The molecule has 2 aromatic heterocycles. The fourth-order valence-corrected chi connectivity index (χ4v) is 4.26. The van der Waals surface area contributed by atoms with E-state index < -0.39 is 0 Å². The van der Waals surface area contributed by atoms with Gasteiger partial charge in [0.15, 0.2) is 5.78 Å². The van der Waals surface area contributed by atoms with E-state index in [9.17, 15) is 14.4 Å². The van der Waals surface area contributed by atoms with E-state index in [1.807, 2.05) is 16.7 Å². The lowest BCUT2D eigenvalue weighted by Gasteiger charge is -2.23. The molecule has 0 aliphatic heterocycles. The van der Waals surface area contributed by atoms with Gasteiger partial charge in [0.1, 0.15) is 24.3 Å². The van der Waals surface area contributed by atoms with Gasteiger partial charge in [-0.15, -0.1) is 0 Å². The lowest BCUT2D eigenvalue weighted by molar-refractivity contribution is -0.132. The molecule has 7 nitrogen and oxygen atoms in total. The van der Waals surface area contributed by atoms with Crippen molar-refractivity contribution in [3.8, 4) is 0 Å². The number of benzene rings is 1. The third kappa shape index (κ3) is 4.73. The minimum Gasteiger partial charge on any atom is -0.379 e. The lowest BCUT2D eigenvalue weighted by atomic mass is 9.92. The molecule has 1 fully saturated rings. The quantitative estimate of drug-likeness (QED) is 0.283. The number of Topliss-reactive ketones (excluding diaryl/α,β-unsaturated/α-hetero) is 2. The van der Waals surface area contributed by atoms with Gasteiger partial charge in [-0.1, -0.05) is 6.07 Å². The summed E-state index contributed by atoms with van der Waals surface area (Å²) in [6.07, 6.45) is 5.19. The molecule has 0 amide bonds. The number of carbonyl (C=O) groups is 3. The van der Waals surface area contributed by atoms with Gasteiger partial charge < -0.3 is 18.8 Å². The van der Waals surface area contributed by atoms with Gasteiger partial charge >= 0.3 is 0 Å². The van der Waals surface area contributed by atoms with Crippen molar-refractivity contribution >= 4 is 39.8 Å².